The highest BCUT2D eigenvalue weighted by molar-refractivity contribution is 6.30. The Morgan fingerprint density at radius 1 is 1.53 bits per heavy atom. The number of hydrogen-bond donors (Lipinski definition) is 1. The lowest BCUT2D eigenvalue weighted by molar-refractivity contribution is 0.378. The quantitative estimate of drug-likeness (QED) is 0.786. The fourth-order valence-corrected chi connectivity index (χ4v) is 2.13. The minimum Gasteiger partial charge on any atom is -0.496 e. The van der Waals surface area contributed by atoms with Gasteiger partial charge in [0.2, 0.25) is 0 Å². The molecule has 0 heterocycles. The van der Waals surface area contributed by atoms with Gasteiger partial charge in [-0.1, -0.05) is 24.6 Å². The van der Waals surface area contributed by atoms with Crippen molar-refractivity contribution in [2.45, 2.75) is 13.3 Å². The maximum atomic E-state index is 6.03. The third-order valence-corrected chi connectivity index (χ3v) is 3.15. The van der Waals surface area contributed by atoms with Gasteiger partial charge in [-0.2, -0.15) is 0 Å². The van der Waals surface area contributed by atoms with Crippen molar-refractivity contribution in [2.24, 2.45) is 5.41 Å². The van der Waals surface area contributed by atoms with E-state index in [0.717, 1.165) is 29.3 Å². The largest absolute Gasteiger partial charge is 0.496 e. The Morgan fingerprint density at radius 3 is 2.76 bits per heavy atom. The molecule has 1 atom stereocenters. The predicted molar refractivity (Wildman–Crippen MR) is 73.9 cm³/mol. The second-order valence-corrected chi connectivity index (χ2v) is 4.96. The van der Waals surface area contributed by atoms with Gasteiger partial charge in [-0.15, -0.1) is 6.58 Å². The number of ether oxygens (including phenoxy) is 1. The molecule has 1 rings (SSSR count). The van der Waals surface area contributed by atoms with Crippen LogP contribution in [-0.4, -0.2) is 20.7 Å². The molecule has 0 aliphatic rings. The maximum Gasteiger partial charge on any atom is 0.122 e. The molecule has 94 valence electrons. The molecule has 0 aliphatic carbocycles. The SMILES string of the molecule is C=CC(C)(CNC)Cc1cc(Cl)ccc1OC. The highest BCUT2D eigenvalue weighted by atomic mass is 35.5. The molecule has 0 saturated carbocycles. The summed E-state index contributed by atoms with van der Waals surface area (Å²) in [5.74, 6) is 0.874. The van der Waals surface area contributed by atoms with Gasteiger partial charge in [0, 0.05) is 17.0 Å². The zero-order valence-electron chi connectivity index (χ0n) is 10.7. The summed E-state index contributed by atoms with van der Waals surface area (Å²) in [6.07, 6.45) is 2.82. The molecule has 1 aromatic rings. The Hall–Kier alpha value is -0.990. The Bertz CT molecular complexity index is 392. The molecule has 1 aromatic carbocycles. The van der Waals surface area contributed by atoms with Crippen LogP contribution in [0.15, 0.2) is 30.9 Å². The topological polar surface area (TPSA) is 21.3 Å². The van der Waals surface area contributed by atoms with Gasteiger partial charge in [0.15, 0.2) is 0 Å². The van der Waals surface area contributed by atoms with E-state index in [9.17, 15) is 0 Å². The molecular formula is C14H20ClNO. The van der Waals surface area contributed by atoms with Crippen molar-refractivity contribution in [3.05, 3.63) is 41.4 Å². The van der Waals surface area contributed by atoms with Gasteiger partial charge in [-0.05, 0) is 37.2 Å². The second kappa shape index (κ2) is 6.08. The number of rotatable bonds is 6. The molecular weight excluding hydrogens is 234 g/mol. The van der Waals surface area contributed by atoms with E-state index < -0.39 is 0 Å². The number of hydrogen-bond acceptors (Lipinski definition) is 2. The summed E-state index contributed by atoms with van der Waals surface area (Å²) >= 11 is 6.03. The summed E-state index contributed by atoms with van der Waals surface area (Å²) in [6, 6.07) is 5.70. The molecule has 2 nitrogen and oxygen atoms in total. The molecule has 0 amide bonds. The van der Waals surface area contributed by atoms with E-state index in [1.54, 1.807) is 7.11 Å². The fraction of sp³-hybridized carbons (Fsp3) is 0.429. The zero-order chi connectivity index (χ0) is 12.9. The van der Waals surface area contributed by atoms with E-state index in [-0.39, 0.29) is 5.41 Å². The van der Waals surface area contributed by atoms with E-state index in [1.165, 1.54) is 0 Å². The van der Waals surface area contributed by atoms with Crippen LogP contribution in [0.2, 0.25) is 5.02 Å². The standard InChI is InChI=1S/C14H20ClNO/c1-5-14(2,10-16-3)9-11-8-12(15)6-7-13(11)17-4/h5-8,16H,1,9-10H2,2-4H3. The monoisotopic (exact) mass is 253 g/mol. The lowest BCUT2D eigenvalue weighted by atomic mass is 9.83. The van der Waals surface area contributed by atoms with Gasteiger partial charge < -0.3 is 10.1 Å². The average molecular weight is 254 g/mol. The van der Waals surface area contributed by atoms with Gasteiger partial charge in [0.05, 0.1) is 7.11 Å². The van der Waals surface area contributed by atoms with Crippen molar-refractivity contribution in [2.75, 3.05) is 20.7 Å². The molecule has 0 radical (unpaired) electrons. The molecule has 0 aromatic heterocycles. The number of halogens is 1. The molecule has 0 saturated heterocycles. The Balaban J connectivity index is 2.99. The van der Waals surface area contributed by atoms with Crippen molar-refractivity contribution in [1.82, 2.24) is 5.32 Å². The lowest BCUT2D eigenvalue weighted by Crippen LogP contribution is -2.29. The first-order valence-corrected chi connectivity index (χ1v) is 6.03. The van der Waals surface area contributed by atoms with Crippen molar-refractivity contribution < 1.29 is 4.74 Å². The Morgan fingerprint density at radius 2 is 2.24 bits per heavy atom. The van der Waals surface area contributed by atoms with Crippen LogP contribution < -0.4 is 10.1 Å². The van der Waals surface area contributed by atoms with Gasteiger partial charge in [-0.25, -0.2) is 0 Å². The molecule has 0 fully saturated rings. The van der Waals surface area contributed by atoms with Crippen molar-refractivity contribution >= 4 is 11.6 Å². The van der Waals surface area contributed by atoms with Crippen molar-refractivity contribution in [3.8, 4) is 5.75 Å². The van der Waals surface area contributed by atoms with Crippen LogP contribution in [0.1, 0.15) is 12.5 Å². The zero-order valence-corrected chi connectivity index (χ0v) is 11.5. The Kier molecular flexibility index (Phi) is 5.03. The van der Waals surface area contributed by atoms with E-state index in [2.05, 4.69) is 18.8 Å². The summed E-state index contributed by atoms with van der Waals surface area (Å²) < 4.78 is 5.36. The van der Waals surface area contributed by atoms with Crippen LogP contribution in [0.25, 0.3) is 0 Å². The minimum absolute atomic E-state index is 0.00723. The lowest BCUT2D eigenvalue weighted by Gasteiger charge is -2.26. The van der Waals surface area contributed by atoms with Crippen LogP contribution in [0.3, 0.4) is 0 Å². The number of methoxy groups -OCH3 is 1. The average Bonchev–Trinajstić information content (AvgIpc) is 2.29. The van der Waals surface area contributed by atoms with Crippen molar-refractivity contribution in [1.29, 1.82) is 0 Å². The summed E-state index contributed by atoms with van der Waals surface area (Å²) in [5.41, 5.74) is 1.10. The molecule has 1 N–H and O–H groups in total. The molecule has 0 spiro atoms. The fourth-order valence-electron chi connectivity index (χ4n) is 1.93. The summed E-state index contributed by atoms with van der Waals surface area (Å²) in [7, 11) is 3.62. The van der Waals surface area contributed by atoms with Crippen LogP contribution in [0, 0.1) is 5.41 Å². The van der Waals surface area contributed by atoms with E-state index in [4.69, 9.17) is 16.3 Å². The number of benzene rings is 1. The van der Waals surface area contributed by atoms with E-state index in [0.29, 0.717) is 0 Å². The molecule has 1 unspecified atom stereocenters. The first kappa shape index (κ1) is 14.1. The maximum absolute atomic E-state index is 6.03. The second-order valence-electron chi connectivity index (χ2n) is 4.52. The third kappa shape index (κ3) is 3.76. The Labute approximate surface area is 109 Å². The highest BCUT2D eigenvalue weighted by Crippen LogP contribution is 2.30. The molecule has 3 heteroatoms. The number of nitrogens with one attached hydrogen (secondary N) is 1. The normalized spacial score (nSPS) is 14.1. The summed E-state index contributed by atoms with van der Waals surface area (Å²) in [6.45, 7) is 6.94. The van der Waals surface area contributed by atoms with Crippen LogP contribution in [0.5, 0.6) is 5.75 Å². The van der Waals surface area contributed by atoms with E-state index in [1.807, 2.05) is 31.3 Å². The van der Waals surface area contributed by atoms with Crippen LogP contribution >= 0.6 is 11.6 Å². The molecule has 0 aliphatic heterocycles. The molecule has 0 bridgehead atoms. The van der Waals surface area contributed by atoms with Gasteiger partial charge >= 0.3 is 0 Å². The first-order chi connectivity index (χ1) is 8.04. The van der Waals surface area contributed by atoms with Gasteiger partial charge in [0.25, 0.3) is 0 Å². The predicted octanol–water partition coefficient (Wildman–Crippen LogP) is 3.30. The molecule has 17 heavy (non-hydrogen) atoms. The first-order valence-electron chi connectivity index (χ1n) is 5.65. The third-order valence-electron chi connectivity index (χ3n) is 2.91. The van der Waals surface area contributed by atoms with Crippen LogP contribution in [0.4, 0.5) is 0 Å². The minimum atomic E-state index is -0.00723. The summed E-state index contributed by atoms with van der Waals surface area (Å²) in [4.78, 5) is 0. The van der Waals surface area contributed by atoms with E-state index >= 15 is 0 Å². The van der Waals surface area contributed by atoms with Crippen molar-refractivity contribution in [3.63, 3.8) is 0 Å². The summed E-state index contributed by atoms with van der Waals surface area (Å²) in [5, 5.41) is 3.92. The highest BCUT2D eigenvalue weighted by Gasteiger charge is 2.21. The van der Waals surface area contributed by atoms with Crippen LogP contribution in [-0.2, 0) is 6.42 Å². The van der Waals surface area contributed by atoms with Gasteiger partial charge in [0.1, 0.15) is 5.75 Å². The smallest absolute Gasteiger partial charge is 0.122 e. The van der Waals surface area contributed by atoms with Gasteiger partial charge in [-0.3, -0.25) is 0 Å².